The summed E-state index contributed by atoms with van der Waals surface area (Å²) in [6.07, 6.45) is 1.20. The number of hydrogen-bond donors (Lipinski definition) is 4. The molecule has 4 amide bonds. The number of nitrogens with zero attached hydrogens (tertiary/aromatic N) is 1. The molecule has 2 rings (SSSR count). The van der Waals surface area contributed by atoms with Crippen LogP contribution in [0.4, 0.5) is 15.3 Å². The lowest BCUT2D eigenvalue weighted by Gasteiger charge is -2.11. The average Bonchev–Trinajstić information content (AvgIpc) is 2.76. The van der Waals surface area contributed by atoms with Crippen LogP contribution in [0.15, 0.2) is 53.4 Å². The van der Waals surface area contributed by atoms with Gasteiger partial charge in [-0.05, 0) is 56.2 Å². The monoisotopic (exact) mass is 494 g/mol. The smallest absolute Gasteiger partial charge is 0.338 e. The van der Waals surface area contributed by atoms with Crippen LogP contribution in [0.5, 0.6) is 0 Å². The summed E-state index contributed by atoms with van der Waals surface area (Å²) < 4.78 is 32.7. The maximum Gasteiger partial charge on any atom is 0.338 e. The van der Waals surface area contributed by atoms with E-state index in [1.807, 2.05) is 11.6 Å². The lowest BCUT2D eigenvalue weighted by atomic mass is 10.2. The summed E-state index contributed by atoms with van der Waals surface area (Å²) in [6.45, 7) is 2.44. The molecule has 33 heavy (non-hydrogen) atoms. The summed E-state index contributed by atoms with van der Waals surface area (Å²) in [5.74, 6) is -0.535. The zero-order chi connectivity index (χ0) is 24.4. The summed E-state index contributed by atoms with van der Waals surface area (Å²) in [4.78, 5) is 35.4. The van der Waals surface area contributed by atoms with Crippen LogP contribution in [0, 0.1) is 6.92 Å². The molecule has 12 heteroatoms. The van der Waals surface area contributed by atoms with Crippen molar-refractivity contribution in [3.8, 4) is 0 Å². The number of carbonyl (C=O) groups excluding carboxylic acids is 3. The van der Waals surface area contributed by atoms with Gasteiger partial charge in [0.1, 0.15) is 0 Å². The Morgan fingerprint density at radius 3 is 2.24 bits per heavy atom. The van der Waals surface area contributed by atoms with Crippen molar-refractivity contribution in [2.24, 2.45) is 0 Å². The van der Waals surface area contributed by atoms with E-state index in [-0.39, 0.29) is 23.1 Å². The highest BCUT2D eigenvalue weighted by Gasteiger charge is 2.17. The number of urea groups is 2. The van der Waals surface area contributed by atoms with Gasteiger partial charge in [0.2, 0.25) is 0 Å². The highest BCUT2D eigenvalue weighted by atomic mass is 32.2. The van der Waals surface area contributed by atoms with E-state index in [2.05, 4.69) is 23.4 Å². The first-order chi connectivity index (χ1) is 15.6. The number of anilines is 1. The number of nitrogens with one attached hydrogen (secondary N) is 3. The molecular formula is C21H26N4O6S2. The number of unbranched alkanes of at least 4 members (excludes halogenated alkanes) is 1. The van der Waals surface area contributed by atoms with Crippen molar-refractivity contribution < 1.29 is 27.5 Å². The third-order valence-electron chi connectivity index (χ3n) is 4.31. The van der Waals surface area contributed by atoms with Crippen molar-refractivity contribution in [1.82, 2.24) is 14.3 Å². The number of esters is 1. The van der Waals surface area contributed by atoms with Gasteiger partial charge in [-0.3, -0.25) is 4.31 Å². The molecule has 0 aliphatic rings. The number of ether oxygens (including phenoxy) is 1. The Morgan fingerprint density at radius 1 is 1.00 bits per heavy atom. The van der Waals surface area contributed by atoms with Crippen molar-refractivity contribution >= 4 is 46.6 Å². The normalized spacial score (nSPS) is 10.8. The van der Waals surface area contributed by atoms with Gasteiger partial charge in [-0.2, -0.15) is 0 Å². The van der Waals surface area contributed by atoms with Gasteiger partial charge in [-0.1, -0.05) is 30.5 Å². The molecule has 0 bridgehead atoms. The van der Waals surface area contributed by atoms with Gasteiger partial charge in [0.15, 0.2) is 0 Å². The van der Waals surface area contributed by atoms with Crippen molar-refractivity contribution in [3.63, 3.8) is 0 Å². The minimum absolute atomic E-state index is 0.0298. The Labute approximate surface area is 198 Å². The lowest BCUT2D eigenvalue weighted by molar-refractivity contribution is 0.0498. The van der Waals surface area contributed by atoms with Crippen LogP contribution in [0.25, 0.3) is 0 Å². The molecule has 10 nitrogen and oxygen atoms in total. The van der Waals surface area contributed by atoms with Crippen LogP contribution < -0.4 is 15.4 Å². The molecule has 2 aromatic rings. The average molecular weight is 495 g/mol. The first-order valence-corrected chi connectivity index (χ1v) is 11.8. The number of aryl methyl sites for hydroxylation is 1. The number of sulfonamides is 1. The molecule has 178 valence electrons. The summed E-state index contributed by atoms with van der Waals surface area (Å²) >= 11 is 3.86. The van der Waals surface area contributed by atoms with E-state index in [9.17, 15) is 22.8 Å². The van der Waals surface area contributed by atoms with Crippen molar-refractivity contribution in [3.05, 3.63) is 59.7 Å². The molecule has 0 fully saturated rings. The zero-order valence-corrected chi connectivity index (χ0v) is 19.9. The van der Waals surface area contributed by atoms with Gasteiger partial charge in [-0.25, -0.2) is 27.5 Å². The first kappa shape index (κ1) is 26.0. The fourth-order valence-corrected chi connectivity index (χ4v) is 3.51. The summed E-state index contributed by atoms with van der Waals surface area (Å²) in [6, 6.07) is 10.6. The van der Waals surface area contributed by atoms with Crippen molar-refractivity contribution in [2.75, 3.05) is 25.5 Å². The molecule has 0 unspecified atom stereocenters. The SMILES string of the molecule is Cc1ccc(S(=O)(=O)NC(=O)Nc2ccc(C(=O)OCCCCNC(=O)N(C)S)cc2)cc1. The van der Waals surface area contributed by atoms with Gasteiger partial charge >= 0.3 is 18.0 Å². The second-order valence-corrected chi connectivity index (χ2v) is 9.33. The Morgan fingerprint density at radius 2 is 1.64 bits per heavy atom. The molecule has 0 atom stereocenters. The third kappa shape index (κ3) is 8.66. The summed E-state index contributed by atoms with van der Waals surface area (Å²) in [5, 5.41) is 5.05. The van der Waals surface area contributed by atoms with E-state index in [0.29, 0.717) is 25.1 Å². The minimum Gasteiger partial charge on any atom is -0.462 e. The van der Waals surface area contributed by atoms with Crippen LogP contribution in [0.3, 0.4) is 0 Å². The topological polar surface area (TPSA) is 134 Å². The van der Waals surface area contributed by atoms with Gasteiger partial charge in [0.25, 0.3) is 10.0 Å². The number of carbonyl (C=O) groups is 3. The molecule has 0 heterocycles. The number of hydrogen-bond acceptors (Lipinski definition) is 7. The van der Waals surface area contributed by atoms with Crippen LogP contribution in [-0.2, 0) is 14.8 Å². The number of thiol groups is 1. The second kappa shape index (κ2) is 12.1. The highest BCUT2D eigenvalue weighted by Crippen LogP contribution is 2.13. The van der Waals surface area contributed by atoms with E-state index >= 15 is 0 Å². The van der Waals surface area contributed by atoms with Crippen LogP contribution in [0.1, 0.15) is 28.8 Å². The number of benzene rings is 2. The standard InChI is InChI=1S/C21H26N4O6S2/c1-15-5-11-18(12-6-15)33(29,30)24-20(27)23-17-9-7-16(8-10-17)19(26)31-14-4-3-13-22-21(28)25(2)32/h5-12,32H,3-4,13-14H2,1-2H3,(H,22,28)(H2,23,24,27). The van der Waals surface area contributed by atoms with Gasteiger partial charge in [0.05, 0.1) is 17.1 Å². The van der Waals surface area contributed by atoms with Gasteiger partial charge in [-0.15, -0.1) is 0 Å². The van der Waals surface area contributed by atoms with Gasteiger partial charge in [0, 0.05) is 19.3 Å². The lowest BCUT2D eigenvalue weighted by Crippen LogP contribution is -2.34. The van der Waals surface area contributed by atoms with Crippen LogP contribution in [-0.4, -0.2) is 51.0 Å². The number of rotatable bonds is 9. The summed E-state index contributed by atoms with van der Waals surface area (Å²) in [5.41, 5.74) is 1.47. The van der Waals surface area contributed by atoms with Crippen molar-refractivity contribution in [1.29, 1.82) is 0 Å². The van der Waals surface area contributed by atoms with Crippen LogP contribution >= 0.6 is 12.8 Å². The zero-order valence-electron chi connectivity index (χ0n) is 18.2. The quantitative estimate of drug-likeness (QED) is 0.241. The van der Waals surface area contributed by atoms with E-state index in [4.69, 9.17) is 4.74 Å². The molecule has 0 saturated heterocycles. The van der Waals surface area contributed by atoms with Gasteiger partial charge < -0.3 is 15.4 Å². The maximum absolute atomic E-state index is 12.3. The minimum atomic E-state index is -4.01. The molecule has 2 aromatic carbocycles. The van der Waals surface area contributed by atoms with E-state index < -0.39 is 22.0 Å². The van der Waals surface area contributed by atoms with E-state index in [0.717, 1.165) is 9.87 Å². The molecule has 0 aliphatic heterocycles. The molecule has 0 aromatic heterocycles. The van der Waals surface area contributed by atoms with Crippen LogP contribution in [0.2, 0.25) is 0 Å². The third-order valence-corrected chi connectivity index (χ3v) is 5.84. The fourth-order valence-electron chi connectivity index (χ4n) is 2.53. The largest absolute Gasteiger partial charge is 0.462 e. The molecule has 0 radical (unpaired) electrons. The summed E-state index contributed by atoms with van der Waals surface area (Å²) in [7, 11) is -2.50. The van der Waals surface area contributed by atoms with E-state index in [1.165, 1.54) is 43.4 Å². The Bertz CT molecular complexity index is 1070. The predicted molar refractivity (Wildman–Crippen MR) is 127 cm³/mol. The van der Waals surface area contributed by atoms with Crippen molar-refractivity contribution in [2.45, 2.75) is 24.7 Å². The number of amides is 4. The fraction of sp³-hybridized carbons (Fsp3) is 0.286. The predicted octanol–water partition coefficient (Wildman–Crippen LogP) is 2.93. The van der Waals surface area contributed by atoms with E-state index in [1.54, 1.807) is 12.1 Å². The Balaban J connectivity index is 1.77. The molecule has 0 aliphatic carbocycles. The Kier molecular flexibility index (Phi) is 9.55. The first-order valence-electron chi connectivity index (χ1n) is 9.96. The molecule has 0 spiro atoms. The second-order valence-electron chi connectivity index (χ2n) is 7.05. The maximum atomic E-state index is 12.3. The molecular weight excluding hydrogens is 468 g/mol. The Hall–Kier alpha value is -3.25. The molecule has 3 N–H and O–H groups in total. The molecule has 0 saturated carbocycles. The highest BCUT2D eigenvalue weighted by molar-refractivity contribution is 7.90.